The van der Waals surface area contributed by atoms with Gasteiger partial charge in [0.25, 0.3) is 0 Å². The predicted molar refractivity (Wildman–Crippen MR) is 61.0 cm³/mol. The number of hydrogen-bond donors (Lipinski definition) is 2. The van der Waals surface area contributed by atoms with Gasteiger partial charge in [0.2, 0.25) is 0 Å². The van der Waals surface area contributed by atoms with Crippen molar-refractivity contribution in [3.63, 3.8) is 0 Å². The highest BCUT2D eigenvalue weighted by atomic mass is 79.9. The first-order valence-corrected chi connectivity index (χ1v) is 4.63. The summed E-state index contributed by atoms with van der Waals surface area (Å²) in [5.41, 5.74) is 5.83. The minimum atomic E-state index is -1.10. The number of carboxylic acid groups (broad SMARTS) is 1. The lowest BCUT2D eigenvalue weighted by atomic mass is 10.1. The van der Waals surface area contributed by atoms with Crippen molar-refractivity contribution in [2.24, 2.45) is 5.73 Å². The minimum Gasteiger partial charge on any atom is -0.480 e. The lowest BCUT2D eigenvalue weighted by Gasteiger charge is -2.10. The molecule has 14 heavy (non-hydrogen) atoms. The fourth-order valence-electron chi connectivity index (χ4n) is 0.931. The number of nitrogens with two attached hydrogens (primary N) is 1. The highest BCUT2D eigenvalue weighted by Gasteiger charge is 2.19. The second-order valence-corrected chi connectivity index (χ2v) is 3.71. The van der Waals surface area contributed by atoms with E-state index in [-0.39, 0.29) is 12.4 Å². The molecule has 0 aliphatic heterocycles. The molecule has 0 aromatic heterocycles. The van der Waals surface area contributed by atoms with Crippen LogP contribution in [0.4, 0.5) is 0 Å². The molecule has 0 bridgehead atoms. The van der Waals surface area contributed by atoms with Crippen molar-refractivity contribution in [1.82, 2.24) is 0 Å². The van der Waals surface area contributed by atoms with Crippen molar-refractivity contribution >= 4 is 45.9 Å². The van der Waals surface area contributed by atoms with Crippen molar-refractivity contribution in [1.29, 1.82) is 0 Å². The fraction of sp³-hybridized carbons (Fsp3) is 0.125. The molecule has 3 nitrogen and oxygen atoms in total. The summed E-state index contributed by atoms with van der Waals surface area (Å²) >= 11 is 8.98. The summed E-state index contributed by atoms with van der Waals surface area (Å²) < 4.78 is 0.606. The van der Waals surface area contributed by atoms with Crippen LogP contribution < -0.4 is 5.73 Å². The predicted octanol–water partition coefficient (Wildman–Crippen LogP) is 2.61. The van der Waals surface area contributed by atoms with Crippen LogP contribution in [0.15, 0.2) is 22.7 Å². The van der Waals surface area contributed by atoms with Crippen molar-refractivity contribution in [2.75, 3.05) is 0 Å². The zero-order chi connectivity index (χ0) is 10.0. The summed E-state index contributed by atoms with van der Waals surface area (Å²) in [5, 5.41) is 9.03. The Balaban J connectivity index is 0.00000169. The maximum atomic E-state index is 10.6. The van der Waals surface area contributed by atoms with Gasteiger partial charge in [-0.15, -0.1) is 12.4 Å². The average molecular weight is 301 g/mol. The first kappa shape index (κ1) is 13.7. The summed E-state index contributed by atoms with van der Waals surface area (Å²) in [4.78, 5) is 10.6. The van der Waals surface area contributed by atoms with E-state index < -0.39 is 12.0 Å². The Morgan fingerprint density at radius 3 is 2.57 bits per heavy atom. The standard InChI is InChI=1S/C8H7BrClNO2.ClH/c9-4-2-1-3-5(10)6(4)7(11)8(12)13;/h1-3,7H,11H2,(H,12,13);1H. The van der Waals surface area contributed by atoms with Crippen molar-refractivity contribution in [3.8, 4) is 0 Å². The van der Waals surface area contributed by atoms with E-state index in [4.69, 9.17) is 22.4 Å². The second kappa shape index (κ2) is 5.56. The molecule has 0 amide bonds. The van der Waals surface area contributed by atoms with Crippen molar-refractivity contribution in [2.45, 2.75) is 6.04 Å². The van der Waals surface area contributed by atoms with E-state index in [1.807, 2.05) is 0 Å². The molecule has 0 saturated carbocycles. The van der Waals surface area contributed by atoms with Gasteiger partial charge in [0.1, 0.15) is 6.04 Å². The molecule has 0 spiro atoms. The van der Waals surface area contributed by atoms with Gasteiger partial charge in [0, 0.05) is 15.1 Å². The van der Waals surface area contributed by atoms with Crippen LogP contribution in [0.1, 0.15) is 11.6 Å². The molecule has 0 aliphatic carbocycles. The Hall–Kier alpha value is -0.290. The fourth-order valence-corrected chi connectivity index (χ4v) is 1.95. The third-order valence-corrected chi connectivity index (χ3v) is 2.60. The lowest BCUT2D eigenvalue weighted by molar-refractivity contribution is -0.138. The number of rotatable bonds is 2. The number of halogens is 3. The van der Waals surface area contributed by atoms with Crippen LogP contribution in [0.5, 0.6) is 0 Å². The molecular weight excluding hydrogens is 293 g/mol. The largest absolute Gasteiger partial charge is 0.480 e. The summed E-state index contributed by atoms with van der Waals surface area (Å²) in [6.07, 6.45) is 0. The third-order valence-electron chi connectivity index (χ3n) is 1.58. The molecule has 0 radical (unpaired) electrons. The smallest absolute Gasteiger partial charge is 0.325 e. The third kappa shape index (κ3) is 2.85. The van der Waals surface area contributed by atoms with Crippen LogP contribution in [0.3, 0.4) is 0 Å². The van der Waals surface area contributed by atoms with Gasteiger partial charge in [-0.2, -0.15) is 0 Å². The molecule has 1 rings (SSSR count). The van der Waals surface area contributed by atoms with Gasteiger partial charge in [-0.1, -0.05) is 33.6 Å². The summed E-state index contributed by atoms with van der Waals surface area (Å²) in [7, 11) is 0. The van der Waals surface area contributed by atoms with E-state index in [2.05, 4.69) is 15.9 Å². The molecule has 6 heteroatoms. The van der Waals surface area contributed by atoms with Crippen LogP contribution in [0, 0.1) is 0 Å². The summed E-state index contributed by atoms with van der Waals surface area (Å²) in [6.45, 7) is 0. The van der Waals surface area contributed by atoms with Crippen molar-refractivity contribution in [3.05, 3.63) is 33.3 Å². The van der Waals surface area contributed by atoms with Crippen LogP contribution >= 0.6 is 39.9 Å². The number of carboxylic acids is 1. The average Bonchev–Trinajstić information content (AvgIpc) is 2.03. The van der Waals surface area contributed by atoms with E-state index in [0.29, 0.717) is 15.1 Å². The van der Waals surface area contributed by atoms with Gasteiger partial charge in [0.05, 0.1) is 0 Å². The minimum absolute atomic E-state index is 0. The SMILES string of the molecule is Cl.NC(C(=O)O)c1c(Cl)cccc1Br. The van der Waals surface area contributed by atoms with Gasteiger partial charge in [-0.3, -0.25) is 4.79 Å². The Bertz CT molecular complexity index is 326. The van der Waals surface area contributed by atoms with Gasteiger partial charge >= 0.3 is 5.97 Å². The molecule has 1 aromatic rings. The summed E-state index contributed by atoms with van der Waals surface area (Å²) in [6, 6.07) is 3.92. The first-order chi connectivity index (χ1) is 6.04. The zero-order valence-corrected chi connectivity index (χ0v) is 10.1. The number of carbonyl (C=O) groups is 1. The topological polar surface area (TPSA) is 63.3 Å². The maximum Gasteiger partial charge on any atom is 0.325 e. The molecule has 0 fully saturated rings. The second-order valence-electron chi connectivity index (χ2n) is 2.45. The quantitative estimate of drug-likeness (QED) is 0.882. The molecule has 0 saturated heterocycles. The van der Waals surface area contributed by atoms with E-state index >= 15 is 0 Å². The van der Waals surface area contributed by atoms with E-state index in [9.17, 15) is 4.79 Å². The normalized spacial score (nSPS) is 11.6. The lowest BCUT2D eigenvalue weighted by Crippen LogP contribution is -2.21. The Morgan fingerprint density at radius 2 is 2.14 bits per heavy atom. The van der Waals surface area contributed by atoms with Gasteiger partial charge in [-0.25, -0.2) is 0 Å². The Kier molecular flexibility index (Phi) is 5.44. The first-order valence-electron chi connectivity index (χ1n) is 3.46. The van der Waals surface area contributed by atoms with Gasteiger partial charge in [-0.05, 0) is 12.1 Å². The van der Waals surface area contributed by atoms with Crippen LogP contribution in [-0.2, 0) is 4.79 Å². The molecular formula is C8H8BrCl2NO2. The van der Waals surface area contributed by atoms with E-state index in [0.717, 1.165) is 0 Å². The highest BCUT2D eigenvalue weighted by molar-refractivity contribution is 9.10. The maximum absolute atomic E-state index is 10.6. The van der Waals surface area contributed by atoms with Crippen LogP contribution in [0.2, 0.25) is 5.02 Å². The molecule has 3 N–H and O–H groups in total. The summed E-state index contributed by atoms with van der Waals surface area (Å²) in [5.74, 6) is -1.10. The number of aliphatic carboxylic acids is 1. The van der Waals surface area contributed by atoms with Crippen LogP contribution in [-0.4, -0.2) is 11.1 Å². The molecule has 0 heterocycles. The Morgan fingerprint density at radius 1 is 1.57 bits per heavy atom. The molecule has 1 aromatic carbocycles. The van der Waals surface area contributed by atoms with E-state index in [1.54, 1.807) is 18.2 Å². The molecule has 0 aliphatic rings. The number of hydrogen-bond acceptors (Lipinski definition) is 2. The highest BCUT2D eigenvalue weighted by Crippen LogP contribution is 2.29. The number of benzene rings is 1. The van der Waals surface area contributed by atoms with Gasteiger partial charge in [0.15, 0.2) is 0 Å². The van der Waals surface area contributed by atoms with Crippen LogP contribution in [0.25, 0.3) is 0 Å². The monoisotopic (exact) mass is 299 g/mol. The molecule has 78 valence electrons. The zero-order valence-electron chi connectivity index (χ0n) is 6.91. The Labute approximate surface area is 101 Å². The van der Waals surface area contributed by atoms with E-state index in [1.165, 1.54) is 0 Å². The van der Waals surface area contributed by atoms with Crippen molar-refractivity contribution < 1.29 is 9.90 Å². The van der Waals surface area contributed by atoms with Gasteiger partial charge < -0.3 is 10.8 Å². The molecule has 1 unspecified atom stereocenters. The molecule has 1 atom stereocenters.